The van der Waals surface area contributed by atoms with Gasteiger partial charge in [-0.05, 0) is 29.8 Å². The van der Waals surface area contributed by atoms with Crippen molar-refractivity contribution in [1.29, 1.82) is 0 Å². The van der Waals surface area contributed by atoms with Gasteiger partial charge in [-0.15, -0.1) is 0 Å². The van der Waals surface area contributed by atoms with Crippen molar-refractivity contribution in [1.82, 2.24) is 10.3 Å². The van der Waals surface area contributed by atoms with Gasteiger partial charge in [0.1, 0.15) is 0 Å². The van der Waals surface area contributed by atoms with Crippen molar-refractivity contribution in [3.8, 4) is 0 Å². The number of rotatable bonds is 4. The van der Waals surface area contributed by atoms with Gasteiger partial charge in [-0.1, -0.05) is 12.1 Å². The summed E-state index contributed by atoms with van der Waals surface area (Å²) in [7, 11) is -3.74. The third-order valence-electron chi connectivity index (χ3n) is 2.62. The Bertz CT molecular complexity index is 715. The molecule has 0 radical (unpaired) electrons. The Morgan fingerprint density at radius 2 is 1.90 bits per heavy atom. The molecule has 6 nitrogen and oxygen atoms in total. The van der Waals surface area contributed by atoms with Crippen LogP contribution in [-0.2, 0) is 16.6 Å². The van der Waals surface area contributed by atoms with Gasteiger partial charge < -0.3 is 5.32 Å². The number of nitrogens with two attached hydrogens (primary N) is 1. The molecule has 0 unspecified atom stereocenters. The summed E-state index contributed by atoms with van der Waals surface area (Å²) in [5.41, 5.74) is 1.14. The Kier molecular flexibility index (Phi) is 4.11. The Morgan fingerprint density at radius 3 is 2.55 bits per heavy atom. The molecular formula is C13H13N3O3S. The highest BCUT2D eigenvalue weighted by Gasteiger charge is 2.09. The number of carbonyl (C=O) groups excluding carboxylic acids is 1. The van der Waals surface area contributed by atoms with Gasteiger partial charge in [0.15, 0.2) is 0 Å². The quantitative estimate of drug-likeness (QED) is 0.863. The second-order valence-electron chi connectivity index (χ2n) is 4.11. The Balaban J connectivity index is 2.07. The lowest BCUT2D eigenvalue weighted by molar-refractivity contribution is 0.0951. The highest BCUT2D eigenvalue weighted by Crippen LogP contribution is 2.09. The molecule has 2 rings (SSSR count). The standard InChI is InChI=1S/C13H13N3O3S/c14-20(18,19)12-3-1-2-10(8-12)9-16-13(17)11-4-6-15-7-5-11/h1-8H,9H2,(H,16,17)(H2,14,18,19). The third-order valence-corrected chi connectivity index (χ3v) is 3.53. The number of hydrogen-bond acceptors (Lipinski definition) is 4. The number of carbonyl (C=O) groups is 1. The average molecular weight is 291 g/mol. The molecule has 0 bridgehead atoms. The van der Waals surface area contributed by atoms with Crippen LogP contribution in [0.15, 0.2) is 53.7 Å². The fourth-order valence-electron chi connectivity index (χ4n) is 1.62. The van der Waals surface area contributed by atoms with Crippen LogP contribution < -0.4 is 10.5 Å². The maximum atomic E-state index is 11.8. The number of nitrogens with zero attached hydrogens (tertiary/aromatic N) is 1. The molecule has 0 atom stereocenters. The molecule has 0 aliphatic rings. The van der Waals surface area contributed by atoms with Crippen LogP contribution in [0.1, 0.15) is 15.9 Å². The van der Waals surface area contributed by atoms with Crippen LogP contribution in [0.25, 0.3) is 0 Å². The summed E-state index contributed by atoms with van der Waals surface area (Å²) in [6.07, 6.45) is 3.05. The lowest BCUT2D eigenvalue weighted by Gasteiger charge is -2.06. The number of pyridine rings is 1. The van der Waals surface area contributed by atoms with Gasteiger partial charge in [0.05, 0.1) is 4.90 Å². The largest absolute Gasteiger partial charge is 0.348 e. The summed E-state index contributed by atoms with van der Waals surface area (Å²) >= 11 is 0. The zero-order valence-corrected chi connectivity index (χ0v) is 11.3. The van der Waals surface area contributed by atoms with E-state index in [1.54, 1.807) is 24.3 Å². The number of sulfonamides is 1. The van der Waals surface area contributed by atoms with Crippen molar-refractivity contribution in [2.24, 2.45) is 5.14 Å². The summed E-state index contributed by atoms with van der Waals surface area (Å²) in [6.45, 7) is 0.213. The van der Waals surface area contributed by atoms with E-state index >= 15 is 0 Å². The molecular weight excluding hydrogens is 278 g/mol. The van der Waals surface area contributed by atoms with E-state index in [4.69, 9.17) is 5.14 Å². The molecule has 0 saturated heterocycles. The van der Waals surface area contributed by atoms with Crippen molar-refractivity contribution in [3.63, 3.8) is 0 Å². The van der Waals surface area contributed by atoms with E-state index in [0.29, 0.717) is 11.1 Å². The van der Waals surface area contributed by atoms with E-state index in [1.807, 2.05) is 0 Å². The maximum absolute atomic E-state index is 11.8. The Morgan fingerprint density at radius 1 is 1.20 bits per heavy atom. The van der Waals surface area contributed by atoms with Crippen LogP contribution >= 0.6 is 0 Å². The molecule has 0 spiro atoms. The summed E-state index contributed by atoms with van der Waals surface area (Å²) in [5.74, 6) is -0.256. The summed E-state index contributed by atoms with van der Waals surface area (Å²) in [5, 5.41) is 7.74. The molecule has 3 N–H and O–H groups in total. The van der Waals surface area contributed by atoms with Gasteiger partial charge in [-0.2, -0.15) is 0 Å². The second kappa shape index (κ2) is 5.81. The number of amides is 1. The van der Waals surface area contributed by atoms with Crippen molar-refractivity contribution < 1.29 is 13.2 Å². The number of hydrogen-bond donors (Lipinski definition) is 2. The van der Waals surface area contributed by atoms with Gasteiger partial charge in [-0.25, -0.2) is 13.6 Å². The molecule has 104 valence electrons. The van der Waals surface area contributed by atoms with E-state index in [0.717, 1.165) is 0 Å². The lowest BCUT2D eigenvalue weighted by Crippen LogP contribution is -2.23. The first-order valence-corrected chi connectivity index (χ1v) is 7.31. The molecule has 0 aliphatic carbocycles. The maximum Gasteiger partial charge on any atom is 0.251 e. The molecule has 20 heavy (non-hydrogen) atoms. The fourth-order valence-corrected chi connectivity index (χ4v) is 2.20. The van der Waals surface area contributed by atoms with Crippen LogP contribution in [-0.4, -0.2) is 19.3 Å². The highest BCUT2D eigenvalue weighted by atomic mass is 32.2. The molecule has 1 aromatic heterocycles. The minimum absolute atomic E-state index is 0.0214. The van der Waals surface area contributed by atoms with E-state index in [9.17, 15) is 13.2 Å². The van der Waals surface area contributed by atoms with E-state index in [2.05, 4.69) is 10.3 Å². The van der Waals surface area contributed by atoms with Gasteiger partial charge in [-0.3, -0.25) is 9.78 Å². The van der Waals surface area contributed by atoms with Crippen molar-refractivity contribution >= 4 is 15.9 Å². The van der Waals surface area contributed by atoms with Crippen molar-refractivity contribution in [3.05, 3.63) is 59.9 Å². The van der Waals surface area contributed by atoms with Gasteiger partial charge in [0.25, 0.3) is 5.91 Å². The summed E-state index contributed by atoms with van der Waals surface area (Å²) in [4.78, 5) is 15.7. The molecule has 2 aromatic rings. The lowest BCUT2D eigenvalue weighted by atomic mass is 10.2. The number of primary sulfonamides is 1. The SMILES string of the molecule is NS(=O)(=O)c1cccc(CNC(=O)c2ccncc2)c1. The van der Waals surface area contributed by atoms with Crippen molar-refractivity contribution in [2.75, 3.05) is 0 Å². The number of aromatic nitrogens is 1. The van der Waals surface area contributed by atoms with E-state index in [-0.39, 0.29) is 17.3 Å². The monoisotopic (exact) mass is 291 g/mol. The molecule has 1 heterocycles. The molecule has 0 aliphatic heterocycles. The minimum atomic E-state index is -3.74. The topological polar surface area (TPSA) is 102 Å². The average Bonchev–Trinajstić information content (AvgIpc) is 2.45. The first kappa shape index (κ1) is 14.2. The number of nitrogens with one attached hydrogen (secondary N) is 1. The second-order valence-corrected chi connectivity index (χ2v) is 5.67. The van der Waals surface area contributed by atoms with Crippen LogP contribution in [0, 0.1) is 0 Å². The summed E-state index contributed by atoms with van der Waals surface area (Å²) < 4.78 is 22.5. The molecule has 1 aromatic carbocycles. The third kappa shape index (κ3) is 3.62. The Labute approximate surface area is 116 Å². The zero-order valence-electron chi connectivity index (χ0n) is 10.5. The predicted molar refractivity (Wildman–Crippen MR) is 73.2 cm³/mol. The van der Waals surface area contributed by atoms with E-state index in [1.165, 1.54) is 24.5 Å². The predicted octanol–water partition coefficient (Wildman–Crippen LogP) is 0.659. The minimum Gasteiger partial charge on any atom is -0.348 e. The van der Waals surface area contributed by atoms with Crippen molar-refractivity contribution in [2.45, 2.75) is 11.4 Å². The molecule has 7 heteroatoms. The molecule has 1 amide bonds. The first-order valence-electron chi connectivity index (χ1n) is 5.77. The van der Waals surface area contributed by atoms with Gasteiger partial charge in [0, 0.05) is 24.5 Å². The fraction of sp³-hybridized carbons (Fsp3) is 0.0769. The molecule has 0 saturated carbocycles. The van der Waals surface area contributed by atoms with Gasteiger partial charge in [0.2, 0.25) is 10.0 Å². The van der Waals surface area contributed by atoms with Gasteiger partial charge >= 0.3 is 0 Å². The van der Waals surface area contributed by atoms with Crippen LogP contribution in [0.4, 0.5) is 0 Å². The smallest absolute Gasteiger partial charge is 0.251 e. The van der Waals surface area contributed by atoms with Crippen LogP contribution in [0.3, 0.4) is 0 Å². The zero-order chi connectivity index (χ0) is 14.6. The number of benzene rings is 1. The summed E-state index contributed by atoms with van der Waals surface area (Å²) in [6, 6.07) is 9.31. The first-order chi connectivity index (χ1) is 9.47. The van der Waals surface area contributed by atoms with E-state index < -0.39 is 10.0 Å². The van der Waals surface area contributed by atoms with Crippen LogP contribution in [0.5, 0.6) is 0 Å². The van der Waals surface area contributed by atoms with Crippen LogP contribution in [0.2, 0.25) is 0 Å². The molecule has 0 fully saturated rings. The highest BCUT2D eigenvalue weighted by molar-refractivity contribution is 7.89. The Hall–Kier alpha value is -2.25. The normalized spacial score (nSPS) is 11.1.